The van der Waals surface area contributed by atoms with E-state index in [1.807, 2.05) is 25.1 Å². The molecular weight excluding hydrogens is 368 g/mol. The van der Waals surface area contributed by atoms with Gasteiger partial charge in [0.25, 0.3) is 5.91 Å². The second kappa shape index (κ2) is 9.83. The zero-order chi connectivity index (χ0) is 19.8. The van der Waals surface area contributed by atoms with Gasteiger partial charge in [-0.2, -0.15) is 0 Å². The number of methoxy groups -OCH3 is 1. The molecule has 6 nitrogen and oxygen atoms in total. The van der Waals surface area contributed by atoms with Gasteiger partial charge >= 0.3 is 0 Å². The highest BCUT2D eigenvalue weighted by Gasteiger charge is 2.13. The number of para-hydroxylation sites is 2. The summed E-state index contributed by atoms with van der Waals surface area (Å²) in [6, 6.07) is 12.5. The molecule has 7 heteroatoms. The van der Waals surface area contributed by atoms with E-state index in [9.17, 15) is 9.59 Å². The summed E-state index contributed by atoms with van der Waals surface area (Å²) in [6.45, 7) is 3.84. The maximum atomic E-state index is 12.0. The molecule has 2 aromatic carbocycles. The Hall–Kier alpha value is -2.73. The molecule has 0 bridgehead atoms. The van der Waals surface area contributed by atoms with Gasteiger partial charge in [0.05, 0.1) is 7.11 Å². The van der Waals surface area contributed by atoms with Gasteiger partial charge in [-0.25, -0.2) is 0 Å². The maximum absolute atomic E-state index is 12.0. The number of nitrogens with zero attached hydrogens (tertiary/aromatic N) is 1. The van der Waals surface area contributed by atoms with E-state index in [1.165, 1.54) is 14.0 Å². The van der Waals surface area contributed by atoms with Gasteiger partial charge in [0.1, 0.15) is 0 Å². The summed E-state index contributed by atoms with van der Waals surface area (Å²) in [5.41, 5.74) is 1.63. The number of aryl methyl sites for hydroxylation is 1. The lowest BCUT2D eigenvalue weighted by Gasteiger charge is -2.22. The average molecular weight is 391 g/mol. The van der Waals surface area contributed by atoms with Crippen molar-refractivity contribution in [3.05, 3.63) is 53.1 Å². The van der Waals surface area contributed by atoms with Crippen molar-refractivity contribution in [1.29, 1.82) is 0 Å². The smallest absolute Gasteiger partial charge is 0.258 e. The molecule has 1 N–H and O–H groups in total. The Balaban J connectivity index is 1.86. The predicted octanol–water partition coefficient (Wildman–Crippen LogP) is 3.21. The minimum Gasteiger partial charge on any atom is -0.493 e. The summed E-state index contributed by atoms with van der Waals surface area (Å²) in [5.74, 6) is 0.639. The minimum atomic E-state index is -0.286. The number of ether oxygens (including phenoxy) is 2. The summed E-state index contributed by atoms with van der Waals surface area (Å²) in [6.07, 6.45) is 0. The van der Waals surface area contributed by atoms with E-state index in [0.717, 1.165) is 5.56 Å². The molecule has 0 aliphatic carbocycles. The molecule has 0 radical (unpaired) electrons. The topological polar surface area (TPSA) is 67.9 Å². The van der Waals surface area contributed by atoms with Crippen molar-refractivity contribution in [3.63, 3.8) is 0 Å². The number of rotatable bonds is 8. The largest absolute Gasteiger partial charge is 0.493 e. The molecule has 0 unspecified atom stereocenters. The van der Waals surface area contributed by atoms with E-state index in [-0.39, 0.29) is 18.4 Å². The number of amides is 2. The molecular formula is C20H23ClN2O4. The maximum Gasteiger partial charge on any atom is 0.258 e. The van der Waals surface area contributed by atoms with Crippen molar-refractivity contribution < 1.29 is 19.1 Å². The van der Waals surface area contributed by atoms with Crippen LogP contribution < -0.4 is 19.7 Å². The van der Waals surface area contributed by atoms with Crippen LogP contribution in [-0.4, -0.2) is 38.6 Å². The quantitative estimate of drug-likeness (QED) is 0.751. The molecule has 2 amide bonds. The Kier molecular flexibility index (Phi) is 7.49. The first-order valence-corrected chi connectivity index (χ1v) is 8.87. The van der Waals surface area contributed by atoms with E-state index in [2.05, 4.69) is 5.32 Å². The predicted molar refractivity (Wildman–Crippen MR) is 106 cm³/mol. The van der Waals surface area contributed by atoms with Crippen LogP contribution in [0.1, 0.15) is 12.5 Å². The molecule has 0 saturated carbocycles. The van der Waals surface area contributed by atoms with E-state index in [1.54, 1.807) is 29.2 Å². The van der Waals surface area contributed by atoms with Crippen LogP contribution in [0.3, 0.4) is 0 Å². The van der Waals surface area contributed by atoms with Gasteiger partial charge in [-0.1, -0.05) is 29.8 Å². The summed E-state index contributed by atoms with van der Waals surface area (Å²) >= 11 is 6.14. The third-order valence-electron chi connectivity index (χ3n) is 3.93. The molecule has 2 aromatic rings. The third-order valence-corrected chi connectivity index (χ3v) is 4.34. The lowest BCUT2D eigenvalue weighted by atomic mass is 10.2. The zero-order valence-electron chi connectivity index (χ0n) is 15.6. The van der Waals surface area contributed by atoms with Gasteiger partial charge in [0.2, 0.25) is 5.91 Å². The summed E-state index contributed by atoms with van der Waals surface area (Å²) < 4.78 is 10.6. The van der Waals surface area contributed by atoms with Gasteiger partial charge in [-0.05, 0) is 36.8 Å². The monoisotopic (exact) mass is 390 g/mol. The highest BCUT2D eigenvalue weighted by Crippen LogP contribution is 2.25. The summed E-state index contributed by atoms with van der Waals surface area (Å²) in [5, 5.41) is 3.33. The third kappa shape index (κ3) is 5.89. The number of hydrogen-bond donors (Lipinski definition) is 1. The van der Waals surface area contributed by atoms with Crippen LogP contribution in [0.15, 0.2) is 42.5 Å². The second-order valence-electron chi connectivity index (χ2n) is 5.89. The van der Waals surface area contributed by atoms with Gasteiger partial charge in [-0.15, -0.1) is 0 Å². The van der Waals surface area contributed by atoms with Crippen LogP contribution in [0.25, 0.3) is 0 Å². The molecule has 0 saturated heterocycles. The van der Waals surface area contributed by atoms with Crippen LogP contribution in [0, 0.1) is 6.92 Å². The standard InChI is InChI=1S/C20H23ClN2O4/c1-14-8-9-16(12-17(14)21)23(15(2)24)11-10-22-20(25)13-27-19-7-5-4-6-18(19)26-3/h4-9,12H,10-11,13H2,1-3H3,(H,22,25). The number of anilines is 1. The van der Waals surface area contributed by atoms with E-state index in [0.29, 0.717) is 35.3 Å². The Morgan fingerprint density at radius 1 is 1.15 bits per heavy atom. The first-order valence-electron chi connectivity index (χ1n) is 8.49. The molecule has 0 aliphatic heterocycles. The van der Waals surface area contributed by atoms with Crippen LogP contribution in [-0.2, 0) is 9.59 Å². The van der Waals surface area contributed by atoms with Crippen molar-refractivity contribution in [2.24, 2.45) is 0 Å². The van der Waals surface area contributed by atoms with Crippen molar-refractivity contribution in [3.8, 4) is 11.5 Å². The number of carbonyl (C=O) groups is 2. The first kappa shape index (κ1) is 20.6. The van der Waals surface area contributed by atoms with Crippen LogP contribution in [0.4, 0.5) is 5.69 Å². The zero-order valence-corrected chi connectivity index (χ0v) is 16.4. The minimum absolute atomic E-state index is 0.130. The molecule has 0 fully saturated rings. The van der Waals surface area contributed by atoms with Gasteiger partial charge in [0, 0.05) is 30.7 Å². The van der Waals surface area contributed by atoms with Crippen molar-refractivity contribution in [2.75, 3.05) is 31.7 Å². The number of halogens is 1. The number of nitrogens with one attached hydrogen (secondary N) is 1. The molecule has 0 atom stereocenters. The Morgan fingerprint density at radius 2 is 1.85 bits per heavy atom. The fourth-order valence-corrected chi connectivity index (χ4v) is 2.63. The molecule has 0 aliphatic rings. The van der Waals surface area contributed by atoms with E-state index in [4.69, 9.17) is 21.1 Å². The number of hydrogen-bond acceptors (Lipinski definition) is 4. The van der Waals surface area contributed by atoms with Crippen LogP contribution in [0.5, 0.6) is 11.5 Å². The molecule has 2 rings (SSSR count). The van der Waals surface area contributed by atoms with Gasteiger partial charge in [0.15, 0.2) is 18.1 Å². The van der Waals surface area contributed by atoms with Crippen molar-refractivity contribution in [2.45, 2.75) is 13.8 Å². The summed E-state index contributed by atoms with van der Waals surface area (Å²) in [7, 11) is 1.54. The summed E-state index contributed by atoms with van der Waals surface area (Å²) in [4.78, 5) is 25.5. The van der Waals surface area contributed by atoms with Crippen molar-refractivity contribution >= 4 is 29.1 Å². The molecule has 144 valence electrons. The van der Waals surface area contributed by atoms with Gasteiger partial charge in [-0.3, -0.25) is 9.59 Å². The molecule has 27 heavy (non-hydrogen) atoms. The Labute approximate surface area is 164 Å². The lowest BCUT2D eigenvalue weighted by molar-refractivity contribution is -0.123. The van der Waals surface area contributed by atoms with E-state index < -0.39 is 0 Å². The van der Waals surface area contributed by atoms with Gasteiger partial charge < -0.3 is 19.7 Å². The fraction of sp³-hybridized carbons (Fsp3) is 0.300. The molecule has 0 spiro atoms. The van der Waals surface area contributed by atoms with Crippen LogP contribution in [0.2, 0.25) is 5.02 Å². The SMILES string of the molecule is COc1ccccc1OCC(=O)NCCN(C(C)=O)c1ccc(C)c(Cl)c1. The molecule has 0 aromatic heterocycles. The number of carbonyl (C=O) groups excluding carboxylic acids is 2. The Morgan fingerprint density at radius 3 is 2.48 bits per heavy atom. The second-order valence-corrected chi connectivity index (χ2v) is 6.30. The first-order chi connectivity index (χ1) is 12.9. The Bertz CT molecular complexity index is 810. The fourth-order valence-electron chi connectivity index (χ4n) is 2.46. The number of benzene rings is 2. The highest BCUT2D eigenvalue weighted by molar-refractivity contribution is 6.31. The highest BCUT2D eigenvalue weighted by atomic mass is 35.5. The van der Waals surface area contributed by atoms with Crippen LogP contribution >= 0.6 is 11.6 Å². The van der Waals surface area contributed by atoms with E-state index >= 15 is 0 Å². The van der Waals surface area contributed by atoms with Crippen molar-refractivity contribution in [1.82, 2.24) is 5.32 Å². The normalized spacial score (nSPS) is 10.2. The molecule has 0 heterocycles. The average Bonchev–Trinajstić information content (AvgIpc) is 2.66. The lowest BCUT2D eigenvalue weighted by Crippen LogP contribution is -2.39.